The summed E-state index contributed by atoms with van der Waals surface area (Å²) >= 11 is 6.58. The Morgan fingerprint density at radius 2 is 1.85 bits per heavy atom. The number of phenols is 1. The van der Waals surface area contributed by atoms with Crippen molar-refractivity contribution in [2.24, 2.45) is 4.99 Å². The summed E-state index contributed by atoms with van der Waals surface area (Å²) in [6, 6.07) is 10.0. The molecule has 0 radical (unpaired) electrons. The minimum absolute atomic E-state index is 0.0929. The van der Waals surface area contributed by atoms with Crippen molar-refractivity contribution in [1.29, 1.82) is 0 Å². The van der Waals surface area contributed by atoms with Gasteiger partial charge in [-0.3, -0.25) is 4.99 Å². The molecule has 2 rings (SSSR count). The summed E-state index contributed by atoms with van der Waals surface area (Å²) in [4.78, 5) is 4.21. The maximum Gasteiger partial charge on any atom is 0.488 e. The molecule has 0 fully saturated rings. The maximum atomic E-state index is 9.90. The molecule has 0 bridgehead atoms. The molecule has 0 spiro atoms. The number of hydrogen-bond acceptors (Lipinski definition) is 4. The molecule has 0 aliphatic rings. The minimum Gasteiger partial charge on any atom is -0.506 e. The largest absolute Gasteiger partial charge is 0.506 e. The van der Waals surface area contributed by atoms with Crippen molar-refractivity contribution in [3.63, 3.8) is 0 Å². The Morgan fingerprint density at radius 1 is 1.10 bits per heavy atom. The van der Waals surface area contributed by atoms with E-state index in [-0.39, 0.29) is 5.75 Å². The summed E-state index contributed by atoms with van der Waals surface area (Å²) < 4.78 is 1.37. The number of rotatable bonds is 3. The normalized spacial score (nSPS) is 11.0. The Labute approximate surface area is 133 Å². The molecule has 0 atom stereocenters. The first-order valence-electron chi connectivity index (χ1n) is 5.65. The van der Waals surface area contributed by atoms with Crippen LogP contribution in [-0.4, -0.2) is 28.5 Å². The summed E-state index contributed by atoms with van der Waals surface area (Å²) in [6.07, 6.45) is 1.51. The van der Waals surface area contributed by atoms with Gasteiger partial charge in [0.15, 0.2) is 0 Å². The number of benzene rings is 2. The third kappa shape index (κ3) is 3.70. The number of aromatic hydroxyl groups is 1. The molecule has 0 aliphatic heterocycles. The number of nitrogens with zero attached hydrogens (tertiary/aromatic N) is 1. The molecule has 0 aliphatic carbocycles. The van der Waals surface area contributed by atoms with E-state index in [0.29, 0.717) is 21.2 Å². The highest BCUT2D eigenvalue weighted by molar-refractivity contribution is 9.11. The van der Waals surface area contributed by atoms with Gasteiger partial charge in [-0.25, -0.2) is 0 Å². The number of hydrogen-bond donors (Lipinski definition) is 3. The van der Waals surface area contributed by atoms with Crippen molar-refractivity contribution in [3.8, 4) is 5.75 Å². The predicted octanol–water partition coefficient (Wildman–Crippen LogP) is 2.35. The van der Waals surface area contributed by atoms with Gasteiger partial charge in [0.2, 0.25) is 0 Å². The molecule has 0 unspecified atom stereocenters. The lowest BCUT2D eigenvalue weighted by molar-refractivity contribution is 0.426. The molecule has 0 heterocycles. The number of halogens is 2. The first-order valence-corrected chi connectivity index (χ1v) is 7.24. The van der Waals surface area contributed by atoms with Gasteiger partial charge in [0.1, 0.15) is 5.75 Å². The van der Waals surface area contributed by atoms with Crippen LogP contribution in [0.4, 0.5) is 5.69 Å². The van der Waals surface area contributed by atoms with E-state index < -0.39 is 7.12 Å². The predicted molar refractivity (Wildman–Crippen MR) is 87.0 cm³/mol. The monoisotopic (exact) mass is 397 g/mol. The van der Waals surface area contributed by atoms with Crippen LogP contribution in [0.5, 0.6) is 5.75 Å². The topological polar surface area (TPSA) is 73.0 Å². The van der Waals surface area contributed by atoms with Gasteiger partial charge in [0, 0.05) is 16.3 Å². The number of aliphatic imine (C=N–C) groups is 1. The summed E-state index contributed by atoms with van der Waals surface area (Å²) in [6.45, 7) is 0. The van der Waals surface area contributed by atoms with Crippen molar-refractivity contribution in [1.82, 2.24) is 0 Å². The quantitative estimate of drug-likeness (QED) is 0.549. The fourth-order valence-electron chi connectivity index (χ4n) is 1.59. The Kier molecular flexibility index (Phi) is 4.98. The van der Waals surface area contributed by atoms with E-state index in [2.05, 4.69) is 36.9 Å². The molecule has 4 nitrogen and oxygen atoms in total. The fourth-order valence-corrected chi connectivity index (χ4v) is 2.85. The van der Waals surface area contributed by atoms with Gasteiger partial charge in [-0.15, -0.1) is 0 Å². The Bertz CT molecular complexity index is 662. The van der Waals surface area contributed by atoms with E-state index in [0.717, 1.165) is 4.47 Å². The van der Waals surface area contributed by atoms with Gasteiger partial charge < -0.3 is 15.2 Å². The number of phenolic OH excluding ortho intramolecular Hbond substituents is 1. The summed E-state index contributed by atoms with van der Waals surface area (Å²) in [7, 11) is -1.53. The van der Waals surface area contributed by atoms with E-state index in [1.165, 1.54) is 6.21 Å². The molecule has 102 valence electrons. The molecule has 0 amide bonds. The average molecular weight is 399 g/mol. The second kappa shape index (κ2) is 6.54. The van der Waals surface area contributed by atoms with Crippen LogP contribution in [0.1, 0.15) is 5.56 Å². The minimum atomic E-state index is -1.53. The zero-order valence-electron chi connectivity index (χ0n) is 10.2. The van der Waals surface area contributed by atoms with E-state index in [4.69, 9.17) is 10.0 Å². The maximum absolute atomic E-state index is 9.90. The second-order valence-electron chi connectivity index (χ2n) is 4.05. The lowest BCUT2D eigenvalue weighted by Gasteiger charge is -2.03. The van der Waals surface area contributed by atoms with Gasteiger partial charge >= 0.3 is 7.12 Å². The summed E-state index contributed by atoms with van der Waals surface area (Å²) in [5, 5.41) is 28.1. The van der Waals surface area contributed by atoms with E-state index in [1.807, 2.05) is 0 Å². The van der Waals surface area contributed by atoms with Gasteiger partial charge in [-0.05, 0) is 45.7 Å². The summed E-state index contributed by atoms with van der Waals surface area (Å²) in [5.74, 6) is 0.0929. The van der Waals surface area contributed by atoms with E-state index >= 15 is 0 Å². The standard InChI is InChI=1S/C13H10BBr2NO3/c15-10-4-8(13(18)12(16)6-10)7-17-11-3-1-2-9(5-11)14(19)20/h1-7,18-20H. The van der Waals surface area contributed by atoms with Gasteiger partial charge in [-0.1, -0.05) is 28.1 Å². The molecule has 2 aromatic carbocycles. The highest BCUT2D eigenvalue weighted by Crippen LogP contribution is 2.30. The van der Waals surface area contributed by atoms with Crippen molar-refractivity contribution in [2.45, 2.75) is 0 Å². The molecule has 7 heteroatoms. The first-order chi connectivity index (χ1) is 9.47. The molecule has 0 aromatic heterocycles. The van der Waals surface area contributed by atoms with Crippen molar-refractivity contribution in [3.05, 3.63) is 50.9 Å². The molecular formula is C13H10BBr2NO3. The molecule has 0 saturated carbocycles. The Hall–Kier alpha value is -1.15. The fraction of sp³-hybridized carbons (Fsp3) is 0. The van der Waals surface area contributed by atoms with Crippen LogP contribution in [0, 0.1) is 0 Å². The van der Waals surface area contributed by atoms with Crippen LogP contribution in [0.3, 0.4) is 0 Å². The van der Waals surface area contributed by atoms with Gasteiger partial charge in [0.05, 0.1) is 10.2 Å². The van der Waals surface area contributed by atoms with Crippen LogP contribution in [0.2, 0.25) is 0 Å². The van der Waals surface area contributed by atoms with Crippen molar-refractivity contribution in [2.75, 3.05) is 0 Å². The second-order valence-corrected chi connectivity index (χ2v) is 5.82. The van der Waals surface area contributed by atoms with Crippen LogP contribution in [-0.2, 0) is 0 Å². The molecule has 20 heavy (non-hydrogen) atoms. The van der Waals surface area contributed by atoms with Crippen molar-refractivity contribution < 1.29 is 15.2 Å². The lowest BCUT2D eigenvalue weighted by atomic mass is 9.80. The van der Waals surface area contributed by atoms with Gasteiger partial charge in [0.25, 0.3) is 0 Å². The van der Waals surface area contributed by atoms with E-state index in [9.17, 15) is 5.11 Å². The molecular weight excluding hydrogens is 389 g/mol. The lowest BCUT2D eigenvalue weighted by Crippen LogP contribution is -2.29. The van der Waals surface area contributed by atoms with Gasteiger partial charge in [-0.2, -0.15) is 0 Å². The Morgan fingerprint density at radius 3 is 2.55 bits per heavy atom. The molecule has 2 aromatic rings. The zero-order valence-corrected chi connectivity index (χ0v) is 13.3. The Balaban J connectivity index is 2.32. The zero-order chi connectivity index (χ0) is 14.7. The third-order valence-corrected chi connectivity index (χ3v) is 3.64. The highest BCUT2D eigenvalue weighted by Gasteiger charge is 2.10. The average Bonchev–Trinajstić information content (AvgIpc) is 2.41. The molecule has 0 saturated heterocycles. The van der Waals surface area contributed by atoms with Crippen LogP contribution >= 0.6 is 31.9 Å². The SMILES string of the molecule is OB(O)c1cccc(N=Cc2cc(Br)cc(Br)c2O)c1. The first kappa shape index (κ1) is 15.2. The van der Waals surface area contributed by atoms with E-state index in [1.54, 1.807) is 36.4 Å². The van der Waals surface area contributed by atoms with Crippen molar-refractivity contribution >= 4 is 56.3 Å². The van der Waals surface area contributed by atoms with Crippen LogP contribution in [0.15, 0.2) is 50.3 Å². The third-order valence-electron chi connectivity index (χ3n) is 2.58. The van der Waals surface area contributed by atoms with Crippen LogP contribution in [0.25, 0.3) is 0 Å². The summed E-state index contributed by atoms with van der Waals surface area (Å²) in [5.41, 5.74) is 1.46. The highest BCUT2D eigenvalue weighted by atomic mass is 79.9. The van der Waals surface area contributed by atoms with Crippen LogP contribution < -0.4 is 5.46 Å². The molecule has 3 N–H and O–H groups in total. The smallest absolute Gasteiger partial charge is 0.488 e.